The molecule has 4 N–H and O–H groups in total. The van der Waals surface area contributed by atoms with Gasteiger partial charge in [-0.2, -0.15) is 0 Å². The van der Waals surface area contributed by atoms with Gasteiger partial charge in [-0.15, -0.1) is 0 Å². The van der Waals surface area contributed by atoms with Gasteiger partial charge in [-0.05, 0) is 6.42 Å². The molecule has 1 fully saturated rings. The van der Waals surface area contributed by atoms with Crippen LogP contribution in [-0.4, -0.2) is 41.5 Å². The topological polar surface area (TPSA) is 113 Å². The second-order valence-electron chi connectivity index (χ2n) is 4.07. The Morgan fingerprint density at radius 3 is 3.28 bits per heavy atom. The van der Waals surface area contributed by atoms with Crippen molar-refractivity contribution in [1.29, 1.82) is 0 Å². The van der Waals surface area contributed by atoms with Crippen LogP contribution in [0.4, 0.5) is 0 Å². The zero-order valence-electron chi connectivity index (χ0n) is 9.81. The quantitative estimate of drug-likeness (QED) is 0.347. The molecule has 18 heavy (non-hydrogen) atoms. The van der Waals surface area contributed by atoms with Gasteiger partial charge in [0.1, 0.15) is 0 Å². The van der Waals surface area contributed by atoms with Gasteiger partial charge >= 0.3 is 0 Å². The van der Waals surface area contributed by atoms with Gasteiger partial charge in [0.25, 0.3) is 5.91 Å². The van der Waals surface area contributed by atoms with Crippen LogP contribution < -0.4 is 16.6 Å². The van der Waals surface area contributed by atoms with E-state index in [4.69, 9.17) is 10.4 Å². The third-order valence-corrected chi connectivity index (χ3v) is 2.64. The summed E-state index contributed by atoms with van der Waals surface area (Å²) in [7, 11) is 0. The number of nitrogen functional groups attached to an aromatic ring is 1. The fourth-order valence-electron chi connectivity index (χ4n) is 1.79. The predicted octanol–water partition coefficient (Wildman–Crippen LogP) is -1.40. The van der Waals surface area contributed by atoms with Gasteiger partial charge in [-0.25, -0.2) is 5.84 Å². The van der Waals surface area contributed by atoms with E-state index < -0.39 is 5.91 Å². The Morgan fingerprint density at radius 2 is 2.50 bits per heavy atom. The Bertz CT molecular complexity index is 444. The van der Waals surface area contributed by atoms with Crippen molar-refractivity contribution in [2.24, 2.45) is 5.84 Å². The molecule has 0 aliphatic carbocycles. The van der Waals surface area contributed by atoms with Crippen LogP contribution in [0.25, 0.3) is 0 Å². The maximum absolute atomic E-state index is 11.4. The molecule has 8 nitrogen and oxygen atoms in total. The average Bonchev–Trinajstić information content (AvgIpc) is 2.72. The molecule has 2 amide bonds. The number of nitrogens with two attached hydrogens (primary N) is 1. The molecule has 1 aromatic rings. The molecule has 0 radical (unpaired) electrons. The van der Waals surface area contributed by atoms with Crippen LogP contribution in [-0.2, 0) is 11.3 Å². The van der Waals surface area contributed by atoms with Crippen molar-refractivity contribution in [3.05, 3.63) is 17.5 Å². The highest BCUT2D eigenvalue weighted by molar-refractivity contribution is 5.91. The highest BCUT2D eigenvalue weighted by Gasteiger charge is 2.18. The normalized spacial score (nSPS) is 17.1. The van der Waals surface area contributed by atoms with Gasteiger partial charge in [0, 0.05) is 19.2 Å². The van der Waals surface area contributed by atoms with E-state index in [1.54, 1.807) is 0 Å². The monoisotopic (exact) mass is 253 g/mol. The summed E-state index contributed by atoms with van der Waals surface area (Å²) < 4.78 is 5.03. The number of carbonyl (C=O) groups excluding carboxylic acids is 2. The Kier molecular flexibility index (Phi) is 3.90. The second kappa shape index (κ2) is 5.61. The number of hydrogen-bond donors (Lipinski definition) is 3. The largest absolute Gasteiger partial charge is 0.359 e. The lowest BCUT2D eigenvalue weighted by molar-refractivity contribution is -0.121. The molecule has 0 aromatic carbocycles. The molecule has 0 spiro atoms. The summed E-state index contributed by atoms with van der Waals surface area (Å²) in [5.41, 5.74) is 2.11. The zero-order valence-corrected chi connectivity index (χ0v) is 9.81. The van der Waals surface area contributed by atoms with Crippen molar-refractivity contribution < 1.29 is 14.1 Å². The average molecular weight is 253 g/mol. The van der Waals surface area contributed by atoms with Crippen LogP contribution in [0.15, 0.2) is 10.6 Å². The molecule has 1 aromatic heterocycles. The van der Waals surface area contributed by atoms with Crippen LogP contribution in [0.5, 0.6) is 0 Å². The first kappa shape index (κ1) is 12.5. The maximum Gasteiger partial charge on any atom is 0.287 e. The minimum atomic E-state index is -0.501. The lowest BCUT2D eigenvalue weighted by Gasteiger charge is -2.15. The van der Waals surface area contributed by atoms with Gasteiger partial charge in [-0.3, -0.25) is 19.9 Å². The van der Waals surface area contributed by atoms with Gasteiger partial charge < -0.3 is 9.84 Å². The third kappa shape index (κ3) is 3.05. The number of nitrogens with one attached hydrogen (secondary N) is 2. The molecule has 1 saturated heterocycles. The highest BCUT2D eigenvalue weighted by atomic mass is 16.5. The molecule has 1 aliphatic heterocycles. The van der Waals surface area contributed by atoms with Crippen LogP contribution in [0, 0.1) is 0 Å². The molecule has 0 bridgehead atoms. The number of carbonyl (C=O) groups is 2. The summed E-state index contributed by atoms with van der Waals surface area (Å²) in [5.74, 6) is 5.01. The van der Waals surface area contributed by atoms with Gasteiger partial charge in [0.2, 0.25) is 5.91 Å². The number of aromatic nitrogens is 1. The van der Waals surface area contributed by atoms with Crippen molar-refractivity contribution in [1.82, 2.24) is 20.8 Å². The first-order chi connectivity index (χ1) is 8.69. The molecule has 98 valence electrons. The van der Waals surface area contributed by atoms with E-state index in [1.807, 2.05) is 10.3 Å². The van der Waals surface area contributed by atoms with E-state index in [2.05, 4.69) is 10.5 Å². The van der Waals surface area contributed by atoms with E-state index >= 15 is 0 Å². The first-order valence-corrected chi connectivity index (χ1v) is 5.64. The number of hydrogen-bond acceptors (Lipinski definition) is 6. The van der Waals surface area contributed by atoms with Crippen molar-refractivity contribution in [2.45, 2.75) is 13.0 Å². The fraction of sp³-hybridized carbons (Fsp3) is 0.500. The number of hydrazine groups is 1. The van der Waals surface area contributed by atoms with Crippen molar-refractivity contribution in [3.63, 3.8) is 0 Å². The van der Waals surface area contributed by atoms with E-state index in [0.29, 0.717) is 25.4 Å². The maximum atomic E-state index is 11.4. The van der Waals surface area contributed by atoms with Crippen molar-refractivity contribution in [3.8, 4) is 0 Å². The molecule has 2 rings (SSSR count). The summed E-state index contributed by atoms with van der Waals surface area (Å²) in [6.45, 7) is 2.24. The number of rotatable bonds is 3. The van der Waals surface area contributed by atoms with Gasteiger partial charge in [0.15, 0.2) is 11.5 Å². The summed E-state index contributed by atoms with van der Waals surface area (Å²) in [6, 6.07) is 1.52. The van der Waals surface area contributed by atoms with Gasteiger partial charge in [-0.1, -0.05) is 5.16 Å². The van der Waals surface area contributed by atoms with E-state index in [0.717, 1.165) is 13.0 Å². The summed E-state index contributed by atoms with van der Waals surface area (Å²) in [5, 5.41) is 6.39. The second-order valence-corrected chi connectivity index (χ2v) is 4.07. The molecule has 2 heterocycles. The van der Waals surface area contributed by atoms with Gasteiger partial charge in [0.05, 0.1) is 13.1 Å². The molecule has 1 aliphatic rings. The summed E-state index contributed by atoms with van der Waals surface area (Å²) >= 11 is 0. The molecule has 0 atom stereocenters. The first-order valence-electron chi connectivity index (χ1n) is 5.64. The van der Waals surface area contributed by atoms with Crippen LogP contribution in [0.3, 0.4) is 0 Å². The van der Waals surface area contributed by atoms with E-state index in [-0.39, 0.29) is 11.6 Å². The summed E-state index contributed by atoms with van der Waals surface area (Å²) in [4.78, 5) is 24.5. The predicted molar refractivity (Wildman–Crippen MR) is 61.1 cm³/mol. The minimum absolute atomic E-state index is 0.00746. The highest BCUT2D eigenvalue weighted by Crippen LogP contribution is 2.08. The minimum Gasteiger partial charge on any atom is -0.359 e. The zero-order chi connectivity index (χ0) is 13.0. The van der Waals surface area contributed by atoms with E-state index in [1.165, 1.54) is 6.07 Å². The summed E-state index contributed by atoms with van der Waals surface area (Å²) in [6.07, 6.45) is 0.885. The van der Waals surface area contributed by atoms with Crippen LogP contribution in [0.2, 0.25) is 0 Å². The fourth-order valence-corrected chi connectivity index (χ4v) is 1.79. The third-order valence-electron chi connectivity index (χ3n) is 2.64. The molecule has 0 unspecified atom stereocenters. The SMILES string of the molecule is NNC(=O)c1cc(CN2CCCNC(=O)C2)on1. The van der Waals surface area contributed by atoms with Crippen molar-refractivity contribution >= 4 is 11.8 Å². The lowest BCUT2D eigenvalue weighted by Crippen LogP contribution is -2.32. The smallest absolute Gasteiger partial charge is 0.287 e. The number of amides is 2. The Hall–Kier alpha value is -1.93. The van der Waals surface area contributed by atoms with Crippen LogP contribution in [0.1, 0.15) is 22.7 Å². The lowest BCUT2D eigenvalue weighted by atomic mass is 10.3. The molecular formula is C10H15N5O3. The standard InChI is InChI=1S/C10H15N5O3/c11-13-10(17)8-4-7(18-14-8)5-15-3-1-2-12-9(16)6-15/h4H,1-3,5-6,11H2,(H,12,16)(H,13,17). The molecule has 8 heteroatoms. The Morgan fingerprint density at radius 1 is 1.67 bits per heavy atom. The molecular weight excluding hydrogens is 238 g/mol. The Balaban J connectivity index is 1.98. The van der Waals surface area contributed by atoms with Crippen molar-refractivity contribution in [2.75, 3.05) is 19.6 Å². The van der Waals surface area contributed by atoms with E-state index in [9.17, 15) is 9.59 Å². The van der Waals surface area contributed by atoms with Crippen LogP contribution >= 0.6 is 0 Å². The Labute approximate surface area is 103 Å². The molecule has 0 saturated carbocycles. The number of nitrogens with zero attached hydrogens (tertiary/aromatic N) is 2.